The molecule has 0 atom stereocenters. The number of nitrogens with zero attached hydrogens (tertiary/aromatic N) is 3. The molecule has 1 aromatic carbocycles. The van der Waals surface area contributed by atoms with E-state index < -0.39 is 11.9 Å². The number of ether oxygens (including phenoxy) is 1. The molecule has 1 aliphatic rings. The molecule has 1 amide bonds. The van der Waals surface area contributed by atoms with Gasteiger partial charge in [0.25, 0.3) is 5.91 Å². The van der Waals surface area contributed by atoms with Gasteiger partial charge >= 0.3 is 0 Å². The summed E-state index contributed by atoms with van der Waals surface area (Å²) in [5, 5.41) is 6.88. The second-order valence-corrected chi connectivity index (χ2v) is 7.87. The van der Waals surface area contributed by atoms with Crippen molar-refractivity contribution >= 4 is 34.2 Å². The molecule has 1 saturated heterocycles. The van der Waals surface area contributed by atoms with Crippen LogP contribution in [0.1, 0.15) is 54.6 Å². The first-order chi connectivity index (χ1) is 14.0. The lowest BCUT2D eigenvalue weighted by atomic mass is 10.0. The number of pyridine rings is 1. The third kappa shape index (κ3) is 3.84. The van der Waals surface area contributed by atoms with Crippen molar-refractivity contribution in [3.05, 3.63) is 52.6 Å². The number of nitrogens with one attached hydrogen (secondary N) is 1. The summed E-state index contributed by atoms with van der Waals surface area (Å²) in [5.41, 5.74) is 2.26. The fourth-order valence-electron chi connectivity index (χ4n) is 3.52. The van der Waals surface area contributed by atoms with Gasteiger partial charge in [0.2, 0.25) is 5.95 Å². The molecule has 152 valence electrons. The van der Waals surface area contributed by atoms with Crippen LogP contribution >= 0.6 is 11.6 Å². The van der Waals surface area contributed by atoms with Gasteiger partial charge < -0.3 is 10.1 Å². The summed E-state index contributed by atoms with van der Waals surface area (Å²) in [7, 11) is 0. The average molecular weight is 417 g/mol. The summed E-state index contributed by atoms with van der Waals surface area (Å²) < 4.78 is 21.5. The van der Waals surface area contributed by atoms with Gasteiger partial charge in [-0.15, -0.1) is 5.10 Å². The molecule has 0 aliphatic carbocycles. The molecule has 2 aromatic heterocycles. The molecule has 0 unspecified atom stereocenters. The molecule has 1 N–H and O–H groups in total. The first-order valence-electron chi connectivity index (χ1n) is 9.67. The SMILES string of the molecule is CC(C)c1ccc(NC(=O)c2cnc3c(c(F)nn3C3CCOCC3)c2Cl)cc1. The van der Waals surface area contributed by atoms with Crippen molar-refractivity contribution in [3.8, 4) is 0 Å². The summed E-state index contributed by atoms with van der Waals surface area (Å²) in [5.74, 6) is -0.768. The largest absolute Gasteiger partial charge is 0.381 e. The highest BCUT2D eigenvalue weighted by Crippen LogP contribution is 2.32. The summed E-state index contributed by atoms with van der Waals surface area (Å²) in [6, 6.07) is 7.58. The van der Waals surface area contributed by atoms with Crippen molar-refractivity contribution in [2.75, 3.05) is 18.5 Å². The molecular weight excluding hydrogens is 395 g/mol. The number of carbonyl (C=O) groups excluding carboxylic acids is 1. The Morgan fingerprint density at radius 3 is 2.62 bits per heavy atom. The standard InChI is InChI=1S/C21H22ClFN4O2/c1-12(2)13-3-5-14(6-4-13)25-21(28)16-11-24-20-17(18(16)22)19(23)26-27(20)15-7-9-29-10-8-15/h3-6,11-12,15H,7-10H2,1-2H3,(H,25,28). The van der Waals surface area contributed by atoms with Gasteiger partial charge in [-0.1, -0.05) is 37.6 Å². The molecule has 6 nitrogen and oxygen atoms in total. The summed E-state index contributed by atoms with van der Waals surface area (Å²) >= 11 is 6.41. The summed E-state index contributed by atoms with van der Waals surface area (Å²) in [6.07, 6.45) is 2.83. The van der Waals surface area contributed by atoms with Crippen LogP contribution in [0.25, 0.3) is 11.0 Å². The van der Waals surface area contributed by atoms with Gasteiger partial charge in [0.05, 0.1) is 22.0 Å². The molecule has 3 aromatic rings. The molecule has 0 radical (unpaired) electrons. The second kappa shape index (κ2) is 8.08. The van der Waals surface area contributed by atoms with Crippen LogP contribution in [0.4, 0.5) is 10.1 Å². The molecule has 8 heteroatoms. The first-order valence-corrected chi connectivity index (χ1v) is 10.0. The van der Waals surface area contributed by atoms with Gasteiger partial charge in [-0.3, -0.25) is 4.79 Å². The summed E-state index contributed by atoms with van der Waals surface area (Å²) in [6.45, 7) is 5.39. The van der Waals surface area contributed by atoms with E-state index in [1.807, 2.05) is 24.3 Å². The number of hydrogen-bond donors (Lipinski definition) is 1. The number of halogens is 2. The number of aromatic nitrogens is 3. The molecule has 3 heterocycles. The monoisotopic (exact) mass is 416 g/mol. The van der Waals surface area contributed by atoms with Crippen LogP contribution in [0.15, 0.2) is 30.5 Å². The molecule has 0 saturated carbocycles. The number of fused-ring (bicyclic) bond motifs is 1. The average Bonchev–Trinajstić information content (AvgIpc) is 3.06. The van der Waals surface area contributed by atoms with E-state index >= 15 is 0 Å². The lowest BCUT2D eigenvalue weighted by Gasteiger charge is -2.22. The number of carbonyl (C=O) groups is 1. The number of rotatable bonds is 4. The van der Waals surface area contributed by atoms with Crippen molar-refractivity contribution in [2.45, 2.75) is 38.6 Å². The summed E-state index contributed by atoms with van der Waals surface area (Å²) in [4.78, 5) is 17.0. The zero-order chi connectivity index (χ0) is 20.5. The number of anilines is 1. The van der Waals surface area contributed by atoms with Gasteiger partial charge in [-0.2, -0.15) is 4.39 Å². The zero-order valence-electron chi connectivity index (χ0n) is 16.3. The Morgan fingerprint density at radius 2 is 1.97 bits per heavy atom. The molecule has 1 aliphatic heterocycles. The van der Waals surface area contributed by atoms with E-state index in [4.69, 9.17) is 16.3 Å². The van der Waals surface area contributed by atoms with Crippen LogP contribution in [0.2, 0.25) is 5.02 Å². The molecule has 1 fully saturated rings. The van der Waals surface area contributed by atoms with Crippen LogP contribution in [-0.2, 0) is 4.74 Å². The number of amides is 1. The van der Waals surface area contributed by atoms with Crippen LogP contribution in [0.5, 0.6) is 0 Å². The Morgan fingerprint density at radius 1 is 1.28 bits per heavy atom. The highest BCUT2D eigenvalue weighted by atomic mass is 35.5. The maximum absolute atomic E-state index is 14.6. The Kier molecular flexibility index (Phi) is 5.52. The normalized spacial score (nSPS) is 15.2. The maximum Gasteiger partial charge on any atom is 0.258 e. The minimum absolute atomic E-state index is 0.00142. The van der Waals surface area contributed by atoms with Gasteiger partial charge in [0.1, 0.15) is 0 Å². The molecular formula is C21H22ClFN4O2. The number of hydrogen-bond acceptors (Lipinski definition) is 4. The van der Waals surface area contributed by atoms with E-state index in [1.54, 1.807) is 4.68 Å². The van der Waals surface area contributed by atoms with Crippen LogP contribution in [-0.4, -0.2) is 33.9 Å². The third-order valence-corrected chi connectivity index (χ3v) is 5.62. The van der Waals surface area contributed by atoms with Gasteiger partial charge in [0.15, 0.2) is 5.65 Å². The van der Waals surface area contributed by atoms with Crippen molar-refractivity contribution in [1.29, 1.82) is 0 Å². The third-order valence-electron chi connectivity index (χ3n) is 5.23. The fourth-order valence-corrected chi connectivity index (χ4v) is 3.82. The second-order valence-electron chi connectivity index (χ2n) is 7.49. The smallest absolute Gasteiger partial charge is 0.258 e. The predicted molar refractivity (Wildman–Crippen MR) is 110 cm³/mol. The fraction of sp³-hybridized carbons (Fsp3) is 0.381. The van der Waals surface area contributed by atoms with E-state index in [0.717, 1.165) is 12.8 Å². The molecule has 0 bridgehead atoms. The highest BCUT2D eigenvalue weighted by Gasteiger charge is 2.25. The van der Waals surface area contributed by atoms with E-state index in [1.165, 1.54) is 11.8 Å². The minimum Gasteiger partial charge on any atom is -0.381 e. The van der Waals surface area contributed by atoms with Gasteiger partial charge in [-0.05, 0) is 36.5 Å². The number of benzene rings is 1. The van der Waals surface area contributed by atoms with Crippen LogP contribution < -0.4 is 5.32 Å². The van der Waals surface area contributed by atoms with Crippen molar-refractivity contribution in [1.82, 2.24) is 14.8 Å². The van der Waals surface area contributed by atoms with Crippen molar-refractivity contribution in [3.63, 3.8) is 0 Å². The van der Waals surface area contributed by atoms with Crippen LogP contribution in [0.3, 0.4) is 0 Å². The lowest BCUT2D eigenvalue weighted by molar-refractivity contribution is 0.0668. The van der Waals surface area contributed by atoms with Crippen LogP contribution in [0, 0.1) is 5.95 Å². The predicted octanol–water partition coefficient (Wildman–Crippen LogP) is 4.95. The topological polar surface area (TPSA) is 69.0 Å². The van der Waals surface area contributed by atoms with Crippen molar-refractivity contribution < 1.29 is 13.9 Å². The van der Waals surface area contributed by atoms with E-state index in [2.05, 4.69) is 29.2 Å². The van der Waals surface area contributed by atoms with Crippen molar-refractivity contribution in [2.24, 2.45) is 0 Å². The Hall–Kier alpha value is -2.51. The highest BCUT2D eigenvalue weighted by molar-refractivity contribution is 6.38. The molecule has 0 spiro atoms. The lowest BCUT2D eigenvalue weighted by Crippen LogP contribution is -2.21. The Bertz CT molecular complexity index is 1040. The first kappa shape index (κ1) is 19.8. The van der Waals surface area contributed by atoms with E-state index in [0.29, 0.717) is 30.5 Å². The van der Waals surface area contributed by atoms with Gasteiger partial charge in [-0.25, -0.2) is 9.67 Å². The Balaban J connectivity index is 1.63. The quantitative estimate of drug-likeness (QED) is 0.653. The van der Waals surface area contributed by atoms with E-state index in [-0.39, 0.29) is 22.0 Å². The van der Waals surface area contributed by atoms with E-state index in [9.17, 15) is 9.18 Å². The Labute approximate surface area is 173 Å². The molecule has 29 heavy (non-hydrogen) atoms. The molecule has 4 rings (SSSR count). The maximum atomic E-state index is 14.6. The van der Waals surface area contributed by atoms with Gasteiger partial charge in [0, 0.05) is 25.1 Å². The zero-order valence-corrected chi connectivity index (χ0v) is 17.0. The minimum atomic E-state index is -0.722.